The zero-order valence-corrected chi connectivity index (χ0v) is 14.6. The average molecular weight is 364 g/mol. The van der Waals surface area contributed by atoms with E-state index >= 15 is 0 Å². The van der Waals surface area contributed by atoms with E-state index in [0.717, 1.165) is 5.56 Å². The summed E-state index contributed by atoms with van der Waals surface area (Å²) in [5.41, 5.74) is 1.50. The summed E-state index contributed by atoms with van der Waals surface area (Å²) >= 11 is 6.12. The molecule has 132 valence electrons. The second kappa shape index (κ2) is 7.96. The van der Waals surface area contributed by atoms with E-state index in [1.165, 1.54) is 17.0 Å². The monoisotopic (exact) mass is 363 g/mol. The van der Waals surface area contributed by atoms with Crippen molar-refractivity contribution in [2.45, 2.75) is 6.42 Å². The predicted octanol–water partition coefficient (Wildman–Crippen LogP) is 3.23. The highest BCUT2D eigenvalue weighted by Crippen LogP contribution is 2.37. The third kappa shape index (κ3) is 4.26. The van der Waals surface area contributed by atoms with Crippen LogP contribution in [0.4, 0.5) is 17.1 Å². The standard InChI is InChI=1S/C17H18ClN3O4/c1-20(2)17(23)13-7-8-14(16(15(13)18)21(24)25)19-12-5-3-11(4-6-12)9-10-22/h3-8,19,22H,9-10H2,1-2H3. The normalized spacial score (nSPS) is 10.4. The Morgan fingerprint density at radius 3 is 2.40 bits per heavy atom. The second-order valence-electron chi connectivity index (χ2n) is 5.58. The molecule has 0 saturated heterocycles. The van der Waals surface area contributed by atoms with Crippen LogP contribution in [0.5, 0.6) is 0 Å². The van der Waals surface area contributed by atoms with Gasteiger partial charge in [0.15, 0.2) is 0 Å². The highest BCUT2D eigenvalue weighted by atomic mass is 35.5. The van der Waals surface area contributed by atoms with Crippen LogP contribution in [0.2, 0.25) is 5.02 Å². The van der Waals surface area contributed by atoms with Crippen LogP contribution in [0.1, 0.15) is 15.9 Å². The molecule has 0 spiro atoms. The summed E-state index contributed by atoms with van der Waals surface area (Å²) in [5, 5.41) is 23.1. The number of anilines is 2. The van der Waals surface area contributed by atoms with Crippen molar-refractivity contribution in [1.29, 1.82) is 0 Å². The molecule has 8 heteroatoms. The summed E-state index contributed by atoms with van der Waals surface area (Å²) in [4.78, 5) is 24.2. The molecule has 0 unspecified atom stereocenters. The number of carbonyl (C=O) groups excluding carboxylic acids is 1. The molecular weight excluding hydrogens is 346 g/mol. The molecule has 0 radical (unpaired) electrons. The van der Waals surface area contributed by atoms with Crippen LogP contribution in [0.25, 0.3) is 0 Å². The fraction of sp³-hybridized carbons (Fsp3) is 0.235. The molecule has 0 aromatic heterocycles. The maximum atomic E-state index is 12.1. The Morgan fingerprint density at radius 1 is 1.24 bits per heavy atom. The van der Waals surface area contributed by atoms with Gasteiger partial charge in [0.2, 0.25) is 0 Å². The number of hydrogen-bond acceptors (Lipinski definition) is 5. The van der Waals surface area contributed by atoms with Gasteiger partial charge < -0.3 is 15.3 Å². The molecule has 0 saturated carbocycles. The van der Waals surface area contributed by atoms with Crippen molar-refractivity contribution >= 4 is 34.6 Å². The smallest absolute Gasteiger partial charge is 0.311 e. The van der Waals surface area contributed by atoms with Gasteiger partial charge in [0.25, 0.3) is 5.91 Å². The minimum atomic E-state index is -0.614. The Hall–Kier alpha value is -2.64. The van der Waals surface area contributed by atoms with Crippen LogP contribution in [0, 0.1) is 10.1 Å². The molecule has 2 aromatic rings. The van der Waals surface area contributed by atoms with E-state index in [1.807, 2.05) is 12.1 Å². The SMILES string of the molecule is CN(C)C(=O)c1ccc(Nc2ccc(CCO)cc2)c([N+](=O)[O-])c1Cl. The first kappa shape index (κ1) is 18.7. The van der Waals surface area contributed by atoms with Gasteiger partial charge in [0, 0.05) is 26.4 Å². The molecule has 0 aliphatic heterocycles. The molecule has 2 rings (SSSR count). The van der Waals surface area contributed by atoms with Gasteiger partial charge in [0.1, 0.15) is 10.7 Å². The number of amides is 1. The number of nitrogens with one attached hydrogen (secondary N) is 1. The van der Waals surface area contributed by atoms with Gasteiger partial charge in [-0.1, -0.05) is 23.7 Å². The molecule has 7 nitrogen and oxygen atoms in total. The van der Waals surface area contributed by atoms with Crippen molar-refractivity contribution in [3.8, 4) is 0 Å². The first-order valence-corrected chi connectivity index (χ1v) is 7.88. The van der Waals surface area contributed by atoms with Gasteiger partial charge in [-0.2, -0.15) is 0 Å². The molecule has 0 aliphatic carbocycles. The molecule has 0 bridgehead atoms. The third-order valence-corrected chi connectivity index (χ3v) is 3.95. The van der Waals surface area contributed by atoms with Crippen molar-refractivity contribution in [2.75, 3.05) is 26.0 Å². The van der Waals surface area contributed by atoms with Gasteiger partial charge in [-0.05, 0) is 36.2 Å². The summed E-state index contributed by atoms with van der Waals surface area (Å²) < 4.78 is 0. The van der Waals surface area contributed by atoms with E-state index in [-0.39, 0.29) is 28.6 Å². The Morgan fingerprint density at radius 2 is 1.88 bits per heavy atom. The lowest BCUT2D eigenvalue weighted by Crippen LogP contribution is -2.22. The Bertz CT molecular complexity index is 791. The number of rotatable bonds is 6. The molecule has 0 aliphatic rings. The summed E-state index contributed by atoms with van der Waals surface area (Å²) in [6, 6.07) is 10.1. The fourth-order valence-electron chi connectivity index (χ4n) is 2.29. The topological polar surface area (TPSA) is 95.7 Å². The molecule has 0 fully saturated rings. The van der Waals surface area contributed by atoms with E-state index < -0.39 is 10.8 Å². The minimum Gasteiger partial charge on any atom is -0.396 e. The van der Waals surface area contributed by atoms with E-state index in [1.54, 1.807) is 26.2 Å². The number of aliphatic hydroxyl groups excluding tert-OH is 1. The lowest BCUT2D eigenvalue weighted by atomic mass is 10.1. The van der Waals surface area contributed by atoms with E-state index in [4.69, 9.17) is 16.7 Å². The number of aliphatic hydroxyl groups is 1. The fourth-order valence-corrected chi connectivity index (χ4v) is 2.60. The van der Waals surface area contributed by atoms with Crippen LogP contribution in [-0.4, -0.2) is 41.5 Å². The van der Waals surface area contributed by atoms with Crippen molar-refractivity contribution < 1.29 is 14.8 Å². The van der Waals surface area contributed by atoms with Crippen LogP contribution < -0.4 is 5.32 Å². The number of nitro benzene ring substituents is 1. The number of benzene rings is 2. The van der Waals surface area contributed by atoms with Crippen molar-refractivity contribution in [1.82, 2.24) is 4.90 Å². The minimum absolute atomic E-state index is 0.0508. The zero-order chi connectivity index (χ0) is 18.6. The molecule has 1 amide bonds. The van der Waals surface area contributed by atoms with E-state index in [0.29, 0.717) is 12.1 Å². The van der Waals surface area contributed by atoms with Crippen molar-refractivity contribution in [2.24, 2.45) is 0 Å². The third-order valence-electron chi connectivity index (χ3n) is 3.57. The molecule has 2 aromatic carbocycles. The maximum absolute atomic E-state index is 12.1. The lowest BCUT2D eigenvalue weighted by Gasteiger charge is -2.14. The number of carbonyl (C=O) groups is 1. The number of hydrogen-bond donors (Lipinski definition) is 2. The molecular formula is C17H18ClN3O4. The highest BCUT2D eigenvalue weighted by Gasteiger charge is 2.25. The van der Waals surface area contributed by atoms with E-state index in [9.17, 15) is 14.9 Å². The zero-order valence-electron chi connectivity index (χ0n) is 13.8. The van der Waals surface area contributed by atoms with Crippen LogP contribution in [0.15, 0.2) is 36.4 Å². The van der Waals surface area contributed by atoms with Gasteiger partial charge in [-0.15, -0.1) is 0 Å². The predicted molar refractivity (Wildman–Crippen MR) is 96.6 cm³/mol. The molecule has 0 atom stereocenters. The summed E-state index contributed by atoms with van der Waals surface area (Å²) in [5.74, 6) is -0.409. The Balaban J connectivity index is 2.39. The number of nitro groups is 1. The number of nitrogens with zero attached hydrogens (tertiary/aromatic N) is 2. The summed E-state index contributed by atoms with van der Waals surface area (Å²) in [7, 11) is 3.09. The average Bonchev–Trinajstić information content (AvgIpc) is 2.56. The quantitative estimate of drug-likeness (QED) is 0.606. The molecule has 25 heavy (non-hydrogen) atoms. The van der Waals surface area contributed by atoms with E-state index in [2.05, 4.69) is 5.32 Å². The van der Waals surface area contributed by atoms with Gasteiger partial charge in [0.05, 0.1) is 10.5 Å². The van der Waals surface area contributed by atoms with Gasteiger partial charge in [-0.25, -0.2) is 0 Å². The second-order valence-corrected chi connectivity index (χ2v) is 5.95. The first-order chi connectivity index (χ1) is 11.8. The maximum Gasteiger partial charge on any atom is 0.311 e. The van der Waals surface area contributed by atoms with Crippen LogP contribution >= 0.6 is 11.6 Å². The lowest BCUT2D eigenvalue weighted by molar-refractivity contribution is -0.383. The highest BCUT2D eigenvalue weighted by molar-refractivity contribution is 6.36. The summed E-state index contributed by atoms with van der Waals surface area (Å²) in [6.07, 6.45) is 0.535. The summed E-state index contributed by atoms with van der Waals surface area (Å²) in [6.45, 7) is 0.0508. The van der Waals surface area contributed by atoms with Crippen molar-refractivity contribution in [3.05, 3.63) is 62.7 Å². The largest absolute Gasteiger partial charge is 0.396 e. The van der Waals surface area contributed by atoms with Crippen LogP contribution in [0.3, 0.4) is 0 Å². The molecule has 2 N–H and O–H groups in total. The molecule has 0 heterocycles. The Labute approximate surface area is 150 Å². The first-order valence-electron chi connectivity index (χ1n) is 7.50. The van der Waals surface area contributed by atoms with Crippen LogP contribution in [-0.2, 0) is 6.42 Å². The van der Waals surface area contributed by atoms with Crippen molar-refractivity contribution in [3.63, 3.8) is 0 Å². The van der Waals surface area contributed by atoms with Gasteiger partial charge in [-0.3, -0.25) is 14.9 Å². The Kier molecular flexibility index (Phi) is 5.95. The van der Waals surface area contributed by atoms with Gasteiger partial charge >= 0.3 is 5.69 Å². The number of halogens is 1.